The van der Waals surface area contributed by atoms with Crippen molar-refractivity contribution < 1.29 is 14.3 Å². The van der Waals surface area contributed by atoms with Gasteiger partial charge in [0.1, 0.15) is 5.82 Å². The molecule has 4 rings (SSSR count). The van der Waals surface area contributed by atoms with E-state index in [4.69, 9.17) is 0 Å². The van der Waals surface area contributed by atoms with Crippen molar-refractivity contribution >= 4 is 22.6 Å². The first kappa shape index (κ1) is 19.5. The summed E-state index contributed by atoms with van der Waals surface area (Å²) in [6, 6.07) is 12.2. The Kier molecular flexibility index (Phi) is 5.81. The van der Waals surface area contributed by atoms with Crippen molar-refractivity contribution in [3.05, 3.63) is 65.6 Å². The maximum absolute atomic E-state index is 13.9. The molecule has 29 heavy (non-hydrogen) atoms. The van der Waals surface area contributed by atoms with Crippen LogP contribution >= 0.6 is 0 Å². The number of carboxylic acids is 1. The molecule has 0 unspecified atom stereocenters. The van der Waals surface area contributed by atoms with Gasteiger partial charge in [0.15, 0.2) is 0 Å². The first-order chi connectivity index (χ1) is 14.1. The minimum atomic E-state index is -0.895. The van der Waals surface area contributed by atoms with Crippen molar-refractivity contribution in [2.24, 2.45) is 0 Å². The molecule has 0 radical (unpaired) electrons. The van der Waals surface area contributed by atoms with Crippen LogP contribution in [0.25, 0.3) is 10.9 Å². The number of para-hydroxylation sites is 1. The second kappa shape index (κ2) is 8.66. The summed E-state index contributed by atoms with van der Waals surface area (Å²) in [6.07, 6.45) is 5.06. The fraction of sp³-hybridized carbons (Fsp3) is 0.348. The van der Waals surface area contributed by atoms with Gasteiger partial charge in [-0.25, -0.2) is 9.18 Å². The third-order valence-electron chi connectivity index (χ3n) is 5.75. The average molecular weight is 395 g/mol. The van der Waals surface area contributed by atoms with Crippen LogP contribution in [0.2, 0.25) is 0 Å². The van der Waals surface area contributed by atoms with Crippen LogP contribution in [0.4, 0.5) is 10.1 Å². The fourth-order valence-corrected chi connectivity index (χ4v) is 4.09. The van der Waals surface area contributed by atoms with Gasteiger partial charge in [-0.3, -0.25) is 4.90 Å². The minimum Gasteiger partial charge on any atom is -0.478 e. The van der Waals surface area contributed by atoms with E-state index >= 15 is 0 Å². The molecule has 0 aliphatic carbocycles. The minimum absolute atomic E-state index is 0.147. The van der Waals surface area contributed by atoms with Gasteiger partial charge in [-0.2, -0.15) is 0 Å². The van der Waals surface area contributed by atoms with Crippen LogP contribution in [0.5, 0.6) is 0 Å². The Labute approximate surface area is 169 Å². The standard InChI is InChI=1S/C23H26FN3O2/c24-20-6-1-2-7-22(20)27-13-11-26(12-14-27)10-4-3-5-18-16-25-21-9-8-17(23(28)29)15-19(18)21/h1-2,6-9,15-16,25H,3-5,10-14H2,(H,28,29). The first-order valence-electron chi connectivity index (χ1n) is 10.2. The SMILES string of the molecule is O=C(O)c1ccc2[nH]cc(CCCCN3CCN(c4ccccc4F)CC3)c2c1. The second-order valence-corrected chi connectivity index (χ2v) is 7.62. The summed E-state index contributed by atoms with van der Waals surface area (Å²) in [5.74, 6) is -1.04. The molecule has 1 saturated heterocycles. The van der Waals surface area contributed by atoms with E-state index < -0.39 is 5.97 Å². The number of aryl methyl sites for hydroxylation is 1. The average Bonchev–Trinajstić information content (AvgIpc) is 3.14. The van der Waals surface area contributed by atoms with E-state index in [0.717, 1.165) is 62.9 Å². The summed E-state index contributed by atoms with van der Waals surface area (Å²) in [5.41, 5.74) is 3.18. The molecule has 3 aromatic rings. The molecule has 2 N–H and O–H groups in total. The number of halogens is 1. The van der Waals surface area contributed by atoms with E-state index in [9.17, 15) is 14.3 Å². The van der Waals surface area contributed by atoms with E-state index in [-0.39, 0.29) is 5.82 Å². The smallest absolute Gasteiger partial charge is 0.335 e. The third-order valence-corrected chi connectivity index (χ3v) is 5.75. The number of hydrogen-bond acceptors (Lipinski definition) is 3. The number of carboxylic acid groups (broad SMARTS) is 1. The van der Waals surface area contributed by atoms with Gasteiger partial charge >= 0.3 is 5.97 Å². The molecule has 6 heteroatoms. The van der Waals surface area contributed by atoms with E-state index in [1.54, 1.807) is 18.2 Å². The molecule has 1 aromatic heterocycles. The number of nitrogens with one attached hydrogen (secondary N) is 1. The lowest BCUT2D eigenvalue weighted by Gasteiger charge is -2.36. The van der Waals surface area contributed by atoms with Gasteiger partial charge in [0.05, 0.1) is 11.3 Å². The molecular weight excluding hydrogens is 369 g/mol. The molecule has 0 spiro atoms. The van der Waals surface area contributed by atoms with Crippen LogP contribution in [0.3, 0.4) is 0 Å². The number of anilines is 1. The summed E-state index contributed by atoms with van der Waals surface area (Å²) < 4.78 is 13.9. The highest BCUT2D eigenvalue weighted by Gasteiger charge is 2.18. The van der Waals surface area contributed by atoms with Crippen LogP contribution in [0, 0.1) is 5.82 Å². The number of benzene rings is 2. The number of piperazine rings is 1. The number of aromatic carboxylic acids is 1. The normalized spacial score (nSPS) is 15.1. The molecule has 2 heterocycles. The van der Waals surface area contributed by atoms with Crippen molar-refractivity contribution in [2.45, 2.75) is 19.3 Å². The van der Waals surface area contributed by atoms with Crippen LogP contribution in [-0.4, -0.2) is 53.7 Å². The first-order valence-corrected chi connectivity index (χ1v) is 10.2. The Morgan fingerprint density at radius 2 is 1.86 bits per heavy atom. The van der Waals surface area contributed by atoms with Crippen LogP contribution in [0.15, 0.2) is 48.7 Å². The highest BCUT2D eigenvalue weighted by atomic mass is 19.1. The number of rotatable bonds is 7. The fourth-order valence-electron chi connectivity index (χ4n) is 4.09. The maximum atomic E-state index is 13.9. The van der Waals surface area contributed by atoms with Crippen molar-refractivity contribution in [2.75, 3.05) is 37.6 Å². The highest BCUT2D eigenvalue weighted by molar-refractivity contribution is 5.94. The third kappa shape index (κ3) is 4.43. The number of carbonyl (C=O) groups is 1. The predicted molar refractivity (Wildman–Crippen MR) is 113 cm³/mol. The lowest BCUT2D eigenvalue weighted by Crippen LogP contribution is -2.46. The Hall–Kier alpha value is -2.86. The summed E-state index contributed by atoms with van der Waals surface area (Å²) in [5, 5.41) is 10.2. The number of nitrogens with zero attached hydrogens (tertiary/aromatic N) is 2. The number of unbranched alkanes of at least 4 members (excludes halogenated alkanes) is 1. The number of aromatic amines is 1. The Morgan fingerprint density at radius 3 is 2.62 bits per heavy atom. The zero-order chi connectivity index (χ0) is 20.2. The molecule has 0 amide bonds. The van der Waals surface area contributed by atoms with Gasteiger partial charge in [0.25, 0.3) is 0 Å². The topological polar surface area (TPSA) is 59.6 Å². The van der Waals surface area contributed by atoms with E-state index in [2.05, 4.69) is 14.8 Å². The lowest BCUT2D eigenvalue weighted by molar-refractivity contribution is 0.0697. The Bertz CT molecular complexity index is 993. The second-order valence-electron chi connectivity index (χ2n) is 7.62. The number of fused-ring (bicyclic) bond motifs is 1. The van der Waals surface area contributed by atoms with Gasteiger partial charge in [-0.15, -0.1) is 0 Å². The zero-order valence-electron chi connectivity index (χ0n) is 16.4. The Balaban J connectivity index is 1.25. The van der Waals surface area contributed by atoms with Crippen LogP contribution < -0.4 is 4.90 Å². The van der Waals surface area contributed by atoms with Gasteiger partial charge < -0.3 is 15.0 Å². The van der Waals surface area contributed by atoms with Gasteiger partial charge in [0.2, 0.25) is 0 Å². The summed E-state index contributed by atoms with van der Waals surface area (Å²) in [7, 11) is 0. The number of hydrogen-bond donors (Lipinski definition) is 2. The van der Waals surface area contributed by atoms with Crippen molar-refractivity contribution in [1.82, 2.24) is 9.88 Å². The van der Waals surface area contributed by atoms with Gasteiger partial charge in [-0.05, 0) is 61.7 Å². The molecular formula is C23H26FN3O2. The number of aromatic nitrogens is 1. The van der Waals surface area contributed by atoms with E-state index in [1.807, 2.05) is 24.4 Å². The molecule has 0 bridgehead atoms. The van der Waals surface area contributed by atoms with E-state index in [1.165, 1.54) is 11.6 Å². The molecule has 2 aromatic carbocycles. The Morgan fingerprint density at radius 1 is 1.07 bits per heavy atom. The van der Waals surface area contributed by atoms with E-state index in [0.29, 0.717) is 11.3 Å². The summed E-state index contributed by atoms with van der Waals surface area (Å²) in [4.78, 5) is 19.0. The molecule has 0 saturated carbocycles. The van der Waals surface area contributed by atoms with Crippen molar-refractivity contribution in [3.63, 3.8) is 0 Å². The van der Waals surface area contributed by atoms with Crippen molar-refractivity contribution in [3.8, 4) is 0 Å². The van der Waals surface area contributed by atoms with Gasteiger partial charge in [-0.1, -0.05) is 12.1 Å². The van der Waals surface area contributed by atoms with Crippen LogP contribution in [0.1, 0.15) is 28.8 Å². The summed E-state index contributed by atoms with van der Waals surface area (Å²) in [6.45, 7) is 4.63. The van der Waals surface area contributed by atoms with Gasteiger partial charge in [0, 0.05) is 43.3 Å². The highest BCUT2D eigenvalue weighted by Crippen LogP contribution is 2.23. The molecule has 1 fully saturated rings. The molecule has 5 nitrogen and oxygen atoms in total. The molecule has 152 valence electrons. The van der Waals surface area contributed by atoms with Crippen molar-refractivity contribution in [1.29, 1.82) is 0 Å². The molecule has 1 aliphatic heterocycles. The monoisotopic (exact) mass is 395 g/mol. The zero-order valence-corrected chi connectivity index (χ0v) is 16.4. The quantitative estimate of drug-likeness (QED) is 0.590. The van der Waals surface area contributed by atoms with Crippen LogP contribution in [-0.2, 0) is 6.42 Å². The predicted octanol–water partition coefficient (Wildman–Crippen LogP) is 4.15. The number of H-pyrrole nitrogens is 1. The molecule has 1 aliphatic rings. The lowest BCUT2D eigenvalue weighted by atomic mass is 10.0. The summed E-state index contributed by atoms with van der Waals surface area (Å²) >= 11 is 0. The largest absolute Gasteiger partial charge is 0.478 e. The molecule has 0 atom stereocenters. The maximum Gasteiger partial charge on any atom is 0.335 e.